The molecule has 6 nitrogen and oxygen atoms in total. The third-order valence-corrected chi connectivity index (χ3v) is 5.23. The van der Waals surface area contributed by atoms with Crippen molar-refractivity contribution in [3.8, 4) is 17.1 Å². The first-order valence-electron chi connectivity index (χ1n) is 9.60. The molecule has 1 N–H and O–H groups in total. The van der Waals surface area contributed by atoms with Gasteiger partial charge in [-0.3, -0.25) is 9.78 Å². The number of carbonyl (C=O) groups is 1. The number of hydrogen-bond donors (Lipinski definition) is 1. The Morgan fingerprint density at radius 1 is 0.935 bits per heavy atom. The molecule has 0 unspecified atom stereocenters. The number of nitrogens with one attached hydrogen (secondary N) is 1. The molecule has 0 saturated carbocycles. The number of aromatic nitrogens is 4. The molecule has 2 aromatic carbocycles. The highest BCUT2D eigenvalue weighted by molar-refractivity contribution is 6.33. The highest BCUT2D eigenvalue weighted by Gasteiger charge is 2.13. The van der Waals surface area contributed by atoms with Gasteiger partial charge < -0.3 is 5.32 Å². The van der Waals surface area contributed by atoms with Crippen LogP contribution in [0.4, 0.5) is 5.69 Å². The summed E-state index contributed by atoms with van der Waals surface area (Å²) in [4.78, 5) is 21.6. The van der Waals surface area contributed by atoms with Crippen LogP contribution in [0.2, 0.25) is 5.02 Å². The summed E-state index contributed by atoms with van der Waals surface area (Å²) in [5.74, 6) is 0.371. The second kappa shape index (κ2) is 8.01. The van der Waals surface area contributed by atoms with Crippen LogP contribution in [0, 0.1) is 0 Å². The van der Waals surface area contributed by atoms with Crippen molar-refractivity contribution in [3.05, 3.63) is 102 Å². The Kier molecular flexibility index (Phi) is 4.90. The summed E-state index contributed by atoms with van der Waals surface area (Å²) in [5.41, 5.74) is 2.58. The molecule has 0 atom stereocenters. The molecule has 0 fully saturated rings. The Morgan fingerprint density at radius 3 is 2.65 bits per heavy atom. The van der Waals surface area contributed by atoms with Crippen LogP contribution in [-0.2, 0) is 0 Å². The monoisotopic (exact) mass is 425 g/mol. The molecule has 0 aliphatic heterocycles. The lowest BCUT2D eigenvalue weighted by molar-refractivity contribution is 0.102. The van der Waals surface area contributed by atoms with Gasteiger partial charge in [-0.25, -0.2) is 9.67 Å². The summed E-state index contributed by atoms with van der Waals surface area (Å²) in [5, 5.41) is 9.67. The van der Waals surface area contributed by atoms with E-state index >= 15 is 0 Å². The second-order valence-electron chi connectivity index (χ2n) is 6.89. The van der Waals surface area contributed by atoms with Gasteiger partial charge in [-0.15, -0.1) is 0 Å². The number of nitrogens with zero attached hydrogens (tertiary/aromatic N) is 4. The fourth-order valence-corrected chi connectivity index (χ4v) is 3.59. The molecule has 3 heterocycles. The molecule has 5 rings (SSSR count). The minimum absolute atomic E-state index is 0.265. The van der Waals surface area contributed by atoms with E-state index in [2.05, 4.69) is 20.4 Å². The predicted octanol–water partition coefficient (Wildman–Crippen LogP) is 5.39. The molecule has 150 valence electrons. The zero-order chi connectivity index (χ0) is 21.2. The second-order valence-corrected chi connectivity index (χ2v) is 7.29. The first-order valence-corrected chi connectivity index (χ1v) is 9.98. The average molecular weight is 426 g/mol. The Morgan fingerprint density at radius 2 is 1.84 bits per heavy atom. The predicted molar refractivity (Wildman–Crippen MR) is 122 cm³/mol. The Bertz CT molecular complexity index is 1380. The van der Waals surface area contributed by atoms with Gasteiger partial charge in [0.1, 0.15) is 0 Å². The van der Waals surface area contributed by atoms with Crippen molar-refractivity contribution in [1.29, 1.82) is 0 Å². The van der Waals surface area contributed by atoms with E-state index in [4.69, 9.17) is 11.6 Å². The molecule has 0 spiro atoms. The first-order chi connectivity index (χ1) is 15.2. The minimum Gasteiger partial charge on any atom is -0.322 e. The van der Waals surface area contributed by atoms with Crippen LogP contribution >= 0.6 is 11.6 Å². The van der Waals surface area contributed by atoms with Crippen LogP contribution < -0.4 is 5.32 Å². The van der Waals surface area contributed by atoms with E-state index in [1.165, 1.54) is 6.20 Å². The van der Waals surface area contributed by atoms with Gasteiger partial charge >= 0.3 is 0 Å². The van der Waals surface area contributed by atoms with Crippen molar-refractivity contribution in [2.75, 3.05) is 5.32 Å². The van der Waals surface area contributed by atoms with Crippen molar-refractivity contribution in [3.63, 3.8) is 0 Å². The number of rotatable bonds is 4. The van der Waals surface area contributed by atoms with Gasteiger partial charge in [-0.05, 0) is 47.9 Å². The molecule has 1 amide bonds. The molecule has 0 bridgehead atoms. The van der Waals surface area contributed by atoms with Crippen LogP contribution in [0.3, 0.4) is 0 Å². The van der Waals surface area contributed by atoms with Gasteiger partial charge in [-0.1, -0.05) is 35.9 Å². The summed E-state index contributed by atoms with van der Waals surface area (Å²) < 4.78 is 1.63. The fraction of sp³-hybridized carbons (Fsp3) is 0. The summed E-state index contributed by atoms with van der Waals surface area (Å²) in [6.45, 7) is 0. The molecule has 7 heteroatoms. The van der Waals surface area contributed by atoms with E-state index in [-0.39, 0.29) is 5.91 Å². The van der Waals surface area contributed by atoms with Crippen LogP contribution in [0.15, 0.2) is 91.5 Å². The lowest BCUT2D eigenvalue weighted by atomic mass is 10.0. The smallest absolute Gasteiger partial charge is 0.257 e. The molecular formula is C24H16ClN5O. The maximum atomic E-state index is 12.7. The van der Waals surface area contributed by atoms with Crippen LogP contribution in [0.5, 0.6) is 0 Å². The molecule has 0 aliphatic carbocycles. The number of fused-ring (bicyclic) bond motifs is 1. The van der Waals surface area contributed by atoms with E-state index in [0.29, 0.717) is 22.1 Å². The van der Waals surface area contributed by atoms with Crippen molar-refractivity contribution < 1.29 is 4.79 Å². The third-order valence-electron chi connectivity index (χ3n) is 4.90. The largest absolute Gasteiger partial charge is 0.322 e. The zero-order valence-electron chi connectivity index (χ0n) is 16.2. The maximum Gasteiger partial charge on any atom is 0.257 e. The average Bonchev–Trinajstić information content (AvgIpc) is 3.35. The zero-order valence-corrected chi connectivity index (χ0v) is 17.0. The fourth-order valence-electron chi connectivity index (χ4n) is 3.38. The molecular weight excluding hydrogens is 410 g/mol. The van der Waals surface area contributed by atoms with E-state index < -0.39 is 0 Å². The SMILES string of the molecule is O=C(Nc1ccc(Cl)c(-c2nccc3ccccc23)c1)c1ccc(-n2cccn2)nc1. The molecule has 5 aromatic rings. The lowest BCUT2D eigenvalue weighted by Crippen LogP contribution is -2.12. The van der Waals surface area contributed by atoms with Crippen molar-refractivity contribution >= 4 is 34.0 Å². The highest BCUT2D eigenvalue weighted by atomic mass is 35.5. The summed E-state index contributed by atoms with van der Waals surface area (Å²) in [7, 11) is 0. The number of halogens is 1. The number of pyridine rings is 2. The van der Waals surface area contributed by atoms with Gasteiger partial charge in [0.15, 0.2) is 5.82 Å². The molecule has 0 aliphatic rings. The van der Waals surface area contributed by atoms with Crippen molar-refractivity contribution in [1.82, 2.24) is 19.7 Å². The Labute approximate surface area is 183 Å². The van der Waals surface area contributed by atoms with Gasteiger partial charge in [0.05, 0.1) is 16.3 Å². The third kappa shape index (κ3) is 3.76. The van der Waals surface area contributed by atoms with Crippen molar-refractivity contribution in [2.24, 2.45) is 0 Å². The van der Waals surface area contributed by atoms with E-state index in [1.54, 1.807) is 47.5 Å². The number of benzene rings is 2. The van der Waals surface area contributed by atoms with Crippen LogP contribution in [0.1, 0.15) is 10.4 Å². The van der Waals surface area contributed by atoms with E-state index in [0.717, 1.165) is 22.0 Å². The number of anilines is 1. The first kappa shape index (κ1) is 19.0. The summed E-state index contributed by atoms with van der Waals surface area (Å²) in [6.07, 6.45) is 6.74. The topological polar surface area (TPSA) is 72.7 Å². The van der Waals surface area contributed by atoms with Gasteiger partial charge in [0, 0.05) is 41.4 Å². The molecule has 0 radical (unpaired) electrons. The standard InChI is InChI=1S/C24H16ClN5O/c25-21-8-7-18(14-20(21)23-19-5-2-1-4-16(19)10-12-26-23)29-24(31)17-6-9-22(27-15-17)30-13-3-11-28-30/h1-15H,(H,29,31). The van der Waals surface area contributed by atoms with Crippen LogP contribution in [0.25, 0.3) is 27.8 Å². The van der Waals surface area contributed by atoms with Gasteiger partial charge in [0.25, 0.3) is 5.91 Å². The molecule has 3 aromatic heterocycles. The normalized spacial score (nSPS) is 10.9. The number of amides is 1. The van der Waals surface area contributed by atoms with Gasteiger partial charge in [0.2, 0.25) is 0 Å². The number of carbonyl (C=O) groups excluding carboxylic acids is 1. The Hall–Kier alpha value is -4.03. The van der Waals surface area contributed by atoms with E-state index in [9.17, 15) is 4.79 Å². The minimum atomic E-state index is -0.265. The van der Waals surface area contributed by atoms with E-state index in [1.807, 2.05) is 42.5 Å². The highest BCUT2D eigenvalue weighted by Crippen LogP contribution is 2.33. The quantitative estimate of drug-likeness (QED) is 0.419. The maximum absolute atomic E-state index is 12.7. The molecule has 31 heavy (non-hydrogen) atoms. The Balaban J connectivity index is 1.43. The summed E-state index contributed by atoms with van der Waals surface area (Å²) in [6, 6.07) is 20.6. The lowest BCUT2D eigenvalue weighted by Gasteiger charge is -2.11. The molecule has 0 saturated heterocycles. The summed E-state index contributed by atoms with van der Waals surface area (Å²) >= 11 is 6.48. The van der Waals surface area contributed by atoms with Crippen LogP contribution in [-0.4, -0.2) is 25.7 Å². The van der Waals surface area contributed by atoms with Crippen molar-refractivity contribution in [2.45, 2.75) is 0 Å². The number of hydrogen-bond acceptors (Lipinski definition) is 4. The van der Waals surface area contributed by atoms with Gasteiger partial charge in [-0.2, -0.15) is 5.10 Å².